The Kier molecular flexibility index (Phi) is 7.59. The average Bonchev–Trinajstić information content (AvgIpc) is 3.69. The fourth-order valence-electron chi connectivity index (χ4n) is 8.99. The summed E-state index contributed by atoms with van der Waals surface area (Å²) in [5.41, 5.74) is 8.83. The summed E-state index contributed by atoms with van der Waals surface area (Å²) in [5, 5.41) is 15.3. The lowest BCUT2D eigenvalue weighted by molar-refractivity contribution is -0.149. The number of nitriles is 1. The Morgan fingerprint density at radius 2 is 1.96 bits per heavy atom. The Morgan fingerprint density at radius 1 is 1.16 bits per heavy atom. The lowest BCUT2D eigenvalue weighted by Gasteiger charge is -2.48. The maximum absolute atomic E-state index is 14.9. The van der Waals surface area contributed by atoms with E-state index >= 15 is 0 Å². The van der Waals surface area contributed by atoms with Crippen LogP contribution in [0.2, 0.25) is 0 Å². The first-order valence-corrected chi connectivity index (χ1v) is 18.5. The second kappa shape index (κ2) is 11.8. The molecule has 0 spiro atoms. The smallest absolute Gasteiger partial charge is 0.141 e. The normalized spacial score (nSPS) is 26.8. The Bertz CT molecular complexity index is 1970. The summed E-state index contributed by atoms with van der Waals surface area (Å²) < 4.78 is 27.0. The predicted molar refractivity (Wildman–Crippen MR) is 189 cm³/mol. The van der Waals surface area contributed by atoms with E-state index in [0.717, 1.165) is 99.1 Å². The van der Waals surface area contributed by atoms with E-state index in [9.17, 15) is 9.65 Å². The van der Waals surface area contributed by atoms with Crippen molar-refractivity contribution in [3.8, 4) is 17.3 Å². The van der Waals surface area contributed by atoms with Gasteiger partial charge in [-0.05, 0) is 83.2 Å². The maximum Gasteiger partial charge on any atom is 0.141 e. The summed E-state index contributed by atoms with van der Waals surface area (Å²) in [6.45, 7) is 5.24. The summed E-state index contributed by atoms with van der Waals surface area (Å²) in [4.78, 5) is 20.3. The Balaban J connectivity index is 1.05. The first-order valence-electron chi connectivity index (χ1n) is 17.7. The molecule has 2 bridgehead atoms. The van der Waals surface area contributed by atoms with Crippen molar-refractivity contribution in [2.24, 2.45) is 11.3 Å². The Morgan fingerprint density at radius 3 is 2.63 bits per heavy atom. The first-order chi connectivity index (χ1) is 23.8. The number of nitrogens with two attached hydrogens (primary N) is 1. The lowest BCUT2D eigenvalue weighted by atomic mass is 9.75. The fourth-order valence-corrected chi connectivity index (χ4v) is 9.94. The van der Waals surface area contributed by atoms with Crippen LogP contribution in [0.3, 0.4) is 0 Å². The molecule has 4 atom stereocenters. The van der Waals surface area contributed by atoms with Crippen molar-refractivity contribution in [1.82, 2.24) is 24.8 Å². The van der Waals surface area contributed by atoms with Gasteiger partial charge in [0.1, 0.15) is 28.5 Å². The number of likely N-dealkylation sites (N-methyl/N-ethyl adjacent to an activating group) is 1. The molecule has 3 aromatic heterocycles. The van der Waals surface area contributed by atoms with Crippen molar-refractivity contribution in [3.63, 3.8) is 0 Å². The number of hydrogen-bond acceptors (Lipinski definition) is 11. The molecule has 4 aromatic rings. The minimum atomic E-state index is -0.393. The number of hydrogen-bond donors (Lipinski definition) is 2. The molecule has 5 fully saturated rings. The van der Waals surface area contributed by atoms with Crippen LogP contribution in [0.5, 0.6) is 0 Å². The van der Waals surface area contributed by atoms with Crippen molar-refractivity contribution in [2.75, 3.05) is 64.7 Å². The monoisotopic (exact) mass is 682 g/mol. The van der Waals surface area contributed by atoms with Crippen molar-refractivity contribution < 1.29 is 13.9 Å². The maximum atomic E-state index is 14.9. The molecule has 5 aliphatic rings. The largest absolute Gasteiger partial charge is 0.389 e. The molecule has 0 amide bonds. The number of anilines is 2. The highest BCUT2D eigenvalue weighted by Gasteiger charge is 2.52. The number of rotatable bonds is 10. The van der Waals surface area contributed by atoms with E-state index in [-0.39, 0.29) is 22.4 Å². The third-order valence-corrected chi connectivity index (χ3v) is 13.3. The van der Waals surface area contributed by atoms with Crippen molar-refractivity contribution in [2.45, 2.75) is 68.5 Å². The first kappa shape index (κ1) is 31.5. The van der Waals surface area contributed by atoms with E-state index in [2.05, 4.69) is 35.3 Å². The fraction of sp³-hybridized carbons (Fsp3) is 0.568. The van der Waals surface area contributed by atoms with Gasteiger partial charge in [-0.25, -0.2) is 14.4 Å². The van der Waals surface area contributed by atoms with E-state index in [4.69, 9.17) is 30.2 Å². The van der Waals surface area contributed by atoms with Crippen LogP contribution in [0.15, 0.2) is 24.4 Å². The van der Waals surface area contributed by atoms with Gasteiger partial charge in [-0.1, -0.05) is 0 Å². The quantitative estimate of drug-likeness (QED) is 0.213. The van der Waals surface area contributed by atoms with E-state index in [1.165, 1.54) is 25.3 Å². The number of nitrogens with zero attached hydrogens (tertiary/aromatic N) is 6. The number of nitrogen functional groups attached to an aromatic ring is 1. The zero-order chi connectivity index (χ0) is 33.5. The van der Waals surface area contributed by atoms with Gasteiger partial charge in [0.2, 0.25) is 0 Å². The highest BCUT2D eigenvalue weighted by molar-refractivity contribution is 7.23. The molecule has 9 rings (SSSR count). The van der Waals surface area contributed by atoms with E-state index < -0.39 is 5.82 Å². The van der Waals surface area contributed by atoms with E-state index in [0.29, 0.717) is 44.3 Å². The molecule has 10 nitrogen and oxygen atoms in total. The highest BCUT2D eigenvalue weighted by Crippen LogP contribution is 2.54. The van der Waals surface area contributed by atoms with Crippen molar-refractivity contribution >= 4 is 43.1 Å². The molecule has 3 N–H and O–H groups in total. The van der Waals surface area contributed by atoms with Crippen LogP contribution in [0, 0.1) is 28.5 Å². The third-order valence-electron chi connectivity index (χ3n) is 12.3. The van der Waals surface area contributed by atoms with Gasteiger partial charge in [0.25, 0.3) is 0 Å². The van der Waals surface area contributed by atoms with Gasteiger partial charge in [0.05, 0.1) is 53.3 Å². The molecule has 256 valence electrons. The molecule has 2 saturated carbocycles. The Hall–Kier alpha value is -3.47. The van der Waals surface area contributed by atoms with Crippen LogP contribution in [-0.4, -0.2) is 96.0 Å². The van der Waals surface area contributed by atoms with Gasteiger partial charge < -0.3 is 25.4 Å². The summed E-state index contributed by atoms with van der Waals surface area (Å²) in [5.74, 6) is 2.08. The number of benzene rings is 1. The van der Waals surface area contributed by atoms with Gasteiger partial charge in [0, 0.05) is 59.2 Å². The molecule has 49 heavy (non-hydrogen) atoms. The standard InChI is InChI=1S/C37H43FN8O2S/c1-45(2)37(8-3-9-37)17-42-34-27-14-41-29(24-6-7-28(38)32-31(24)26(13-39)33(40)49-32)11-30(27)43-35(44-34)25-10-21(25)12-36(19-48-20-36)18-46-22-4-5-23(46)16-47-15-22/h6-7,11,14,21-23,25H,3-5,8-10,12,15-20,40H2,1-2H3,(H,42,43,44). The molecule has 3 aliphatic heterocycles. The number of ether oxygens (including phenoxy) is 2. The molecule has 4 unspecified atom stereocenters. The van der Waals surface area contributed by atoms with Crippen LogP contribution in [-0.2, 0) is 9.47 Å². The molecule has 3 saturated heterocycles. The molecule has 2 aliphatic carbocycles. The van der Waals surface area contributed by atoms with E-state index in [1.54, 1.807) is 6.07 Å². The van der Waals surface area contributed by atoms with Crippen LogP contribution >= 0.6 is 11.3 Å². The van der Waals surface area contributed by atoms with Crippen molar-refractivity contribution in [1.29, 1.82) is 5.26 Å². The number of pyridine rings is 1. The molecule has 12 heteroatoms. The molecule has 0 radical (unpaired) electrons. The number of fused-ring (bicyclic) bond motifs is 4. The van der Waals surface area contributed by atoms with Crippen LogP contribution < -0.4 is 11.1 Å². The van der Waals surface area contributed by atoms with Crippen LogP contribution in [0.4, 0.5) is 15.2 Å². The van der Waals surface area contributed by atoms with Crippen molar-refractivity contribution in [3.05, 3.63) is 41.6 Å². The van der Waals surface area contributed by atoms with Crippen LogP contribution in [0.1, 0.15) is 62.3 Å². The summed E-state index contributed by atoms with van der Waals surface area (Å²) in [6, 6.07) is 8.36. The molecular weight excluding hydrogens is 640 g/mol. The van der Waals surface area contributed by atoms with Crippen LogP contribution in [0.25, 0.3) is 32.2 Å². The van der Waals surface area contributed by atoms with Gasteiger partial charge in [-0.2, -0.15) is 5.26 Å². The minimum Gasteiger partial charge on any atom is -0.389 e. The lowest BCUT2D eigenvalue weighted by Crippen LogP contribution is -2.56. The SMILES string of the molecule is CN(C)C1(CNc2nc(C3CC3CC3(CN4C5CCC4COC5)COC3)nc3cc(-c4ccc(F)c5sc(N)c(C#N)c45)ncc23)CCC1. The molecule has 6 heterocycles. The second-order valence-corrected chi connectivity index (χ2v) is 16.5. The minimum absolute atomic E-state index is 0.106. The van der Waals surface area contributed by atoms with E-state index in [1.807, 2.05) is 12.3 Å². The topological polar surface area (TPSA) is 125 Å². The summed E-state index contributed by atoms with van der Waals surface area (Å²) >= 11 is 1.10. The summed E-state index contributed by atoms with van der Waals surface area (Å²) in [7, 11) is 4.32. The zero-order valence-electron chi connectivity index (χ0n) is 28.2. The molecular formula is C37H43FN8O2S. The molecule has 1 aromatic carbocycles. The summed E-state index contributed by atoms with van der Waals surface area (Å²) in [6.07, 6.45) is 10.0. The number of aromatic nitrogens is 3. The highest BCUT2D eigenvalue weighted by atomic mass is 32.1. The second-order valence-electron chi connectivity index (χ2n) is 15.5. The zero-order valence-corrected chi connectivity index (χ0v) is 29.0. The number of halogens is 1. The van der Waals surface area contributed by atoms with Gasteiger partial charge in [0.15, 0.2) is 0 Å². The number of thiophene rings is 1. The van der Waals surface area contributed by atoms with Gasteiger partial charge >= 0.3 is 0 Å². The Labute approximate surface area is 289 Å². The average molecular weight is 683 g/mol. The predicted octanol–water partition coefficient (Wildman–Crippen LogP) is 5.77. The van der Waals surface area contributed by atoms with Gasteiger partial charge in [-0.3, -0.25) is 9.88 Å². The number of nitrogens with one attached hydrogen (secondary N) is 1. The number of morpholine rings is 1. The third kappa shape index (κ3) is 5.28. The van der Waals surface area contributed by atoms with Gasteiger partial charge in [-0.15, -0.1) is 11.3 Å².